The summed E-state index contributed by atoms with van der Waals surface area (Å²) in [6.07, 6.45) is 4.27. The Hall–Kier alpha value is -1.83. The minimum atomic E-state index is -0.0591. The summed E-state index contributed by atoms with van der Waals surface area (Å²) in [7, 11) is 3.89. The summed E-state index contributed by atoms with van der Waals surface area (Å²) in [5.41, 5.74) is 1.11. The molecule has 0 fully saturated rings. The molecule has 0 saturated carbocycles. The molecule has 0 radical (unpaired) electrons. The Balaban J connectivity index is 1.86. The van der Waals surface area contributed by atoms with Crippen molar-refractivity contribution in [3.8, 4) is 0 Å². The number of aromatic nitrogens is 2. The summed E-state index contributed by atoms with van der Waals surface area (Å²) < 4.78 is 1.59. The average Bonchev–Trinajstić information content (AvgIpc) is 3.25. The van der Waals surface area contributed by atoms with Crippen molar-refractivity contribution in [3.63, 3.8) is 0 Å². The number of nitrogens with zero attached hydrogens (tertiary/aromatic N) is 3. The monoisotopic (exact) mass is 387 g/mol. The van der Waals surface area contributed by atoms with Crippen LogP contribution in [0.2, 0.25) is 0 Å². The number of hydrogen-bond donors (Lipinski definition) is 0. The van der Waals surface area contributed by atoms with E-state index < -0.39 is 0 Å². The van der Waals surface area contributed by atoms with Crippen LogP contribution in [0, 0.1) is 0 Å². The molecule has 3 aromatic heterocycles. The highest BCUT2D eigenvalue weighted by Crippen LogP contribution is 2.33. The standard InChI is InChI=1S/C19H21N3O2S2/c1-21(2)11-16-20-18-17(12-6-3-4-7-14(12)26-18)19(24)22(16)10-13(23)15-8-5-9-25-15/h5,8-9H,3-4,6-7,10-11H2,1-2H3. The maximum atomic E-state index is 13.3. The highest BCUT2D eigenvalue weighted by atomic mass is 32.1. The van der Waals surface area contributed by atoms with Crippen LogP contribution in [0.5, 0.6) is 0 Å². The van der Waals surface area contributed by atoms with E-state index in [4.69, 9.17) is 4.98 Å². The number of ketones is 1. The third-order valence-corrected chi connectivity index (χ3v) is 6.81. The molecule has 3 heterocycles. The van der Waals surface area contributed by atoms with E-state index in [0.717, 1.165) is 29.5 Å². The highest BCUT2D eigenvalue weighted by Gasteiger charge is 2.23. The first-order valence-corrected chi connectivity index (χ1v) is 10.5. The predicted octanol–water partition coefficient (Wildman–Crippen LogP) is 3.34. The molecule has 5 nitrogen and oxygen atoms in total. The number of carbonyl (C=O) groups is 1. The second-order valence-corrected chi connectivity index (χ2v) is 8.98. The molecule has 3 aromatic rings. The van der Waals surface area contributed by atoms with Crippen LogP contribution in [-0.2, 0) is 25.9 Å². The quantitative estimate of drug-likeness (QED) is 0.630. The molecule has 0 N–H and O–H groups in total. The van der Waals surface area contributed by atoms with Gasteiger partial charge in [-0.2, -0.15) is 0 Å². The lowest BCUT2D eigenvalue weighted by atomic mass is 9.97. The van der Waals surface area contributed by atoms with E-state index in [2.05, 4.69) is 0 Å². The van der Waals surface area contributed by atoms with Gasteiger partial charge >= 0.3 is 0 Å². The molecule has 0 aliphatic heterocycles. The van der Waals surface area contributed by atoms with Gasteiger partial charge < -0.3 is 4.90 Å². The number of rotatable bonds is 5. The molecular weight excluding hydrogens is 366 g/mol. The number of aryl methyl sites for hydroxylation is 2. The lowest BCUT2D eigenvalue weighted by Gasteiger charge is -2.16. The van der Waals surface area contributed by atoms with Crippen molar-refractivity contribution in [3.05, 3.63) is 49.0 Å². The number of Topliss-reactive ketones (excluding diaryl/α,β-unsaturated/α-hetero) is 1. The lowest BCUT2D eigenvalue weighted by Crippen LogP contribution is -2.31. The van der Waals surface area contributed by atoms with Gasteiger partial charge in [-0.3, -0.25) is 14.2 Å². The summed E-state index contributed by atoms with van der Waals surface area (Å²) in [5.74, 6) is 0.628. The van der Waals surface area contributed by atoms with Crippen LogP contribution in [0.1, 0.15) is 38.8 Å². The fourth-order valence-electron chi connectivity index (χ4n) is 3.51. The van der Waals surface area contributed by atoms with Crippen LogP contribution >= 0.6 is 22.7 Å². The van der Waals surface area contributed by atoms with Crippen molar-refractivity contribution in [2.45, 2.75) is 38.8 Å². The van der Waals surface area contributed by atoms with Gasteiger partial charge in [0, 0.05) is 4.88 Å². The van der Waals surface area contributed by atoms with Crippen molar-refractivity contribution >= 4 is 38.7 Å². The van der Waals surface area contributed by atoms with Gasteiger partial charge in [0.1, 0.15) is 10.7 Å². The predicted molar refractivity (Wildman–Crippen MR) is 107 cm³/mol. The molecule has 0 aromatic carbocycles. The van der Waals surface area contributed by atoms with Gasteiger partial charge in [0.2, 0.25) is 0 Å². The van der Waals surface area contributed by atoms with Crippen molar-refractivity contribution in [2.75, 3.05) is 14.1 Å². The van der Waals surface area contributed by atoms with E-state index in [1.165, 1.54) is 28.2 Å². The van der Waals surface area contributed by atoms with Crippen LogP contribution in [0.25, 0.3) is 10.2 Å². The average molecular weight is 388 g/mol. The molecule has 0 unspecified atom stereocenters. The Bertz CT molecular complexity index is 1020. The van der Waals surface area contributed by atoms with Crippen molar-refractivity contribution in [1.29, 1.82) is 0 Å². The molecule has 136 valence electrons. The fraction of sp³-hybridized carbons (Fsp3) is 0.421. The summed E-state index contributed by atoms with van der Waals surface area (Å²) >= 11 is 3.07. The SMILES string of the molecule is CN(C)Cc1nc2sc3c(c2c(=O)n1CC(=O)c1cccs1)CCCC3. The van der Waals surface area contributed by atoms with Gasteiger partial charge in [0.05, 0.1) is 23.4 Å². The van der Waals surface area contributed by atoms with Gasteiger partial charge in [0.25, 0.3) is 5.56 Å². The Morgan fingerprint density at radius 1 is 1.31 bits per heavy atom. The Kier molecular flexibility index (Phi) is 4.77. The van der Waals surface area contributed by atoms with Crippen molar-refractivity contribution < 1.29 is 4.79 Å². The van der Waals surface area contributed by atoms with E-state index in [-0.39, 0.29) is 17.9 Å². The summed E-state index contributed by atoms with van der Waals surface area (Å²) in [4.78, 5) is 35.6. The lowest BCUT2D eigenvalue weighted by molar-refractivity contribution is 0.0972. The highest BCUT2D eigenvalue weighted by molar-refractivity contribution is 7.18. The molecule has 4 rings (SSSR count). The smallest absolute Gasteiger partial charge is 0.263 e. The molecular formula is C19H21N3O2S2. The van der Waals surface area contributed by atoms with Gasteiger partial charge in [-0.05, 0) is 56.8 Å². The third-order valence-electron chi connectivity index (χ3n) is 4.71. The summed E-state index contributed by atoms with van der Waals surface area (Å²) in [6, 6.07) is 3.67. The van der Waals surface area contributed by atoms with Crippen LogP contribution in [0.3, 0.4) is 0 Å². The number of hydrogen-bond acceptors (Lipinski definition) is 6. The van der Waals surface area contributed by atoms with Crippen molar-refractivity contribution in [2.24, 2.45) is 0 Å². The van der Waals surface area contributed by atoms with Gasteiger partial charge in [0.15, 0.2) is 5.78 Å². The zero-order valence-electron chi connectivity index (χ0n) is 14.9. The normalized spacial score (nSPS) is 14.1. The Morgan fingerprint density at radius 3 is 2.85 bits per heavy atom. The molecule has 1 aliphatic carbocycles. The second kappa shape index (κ2) is 7.06. The maximum absolute atomic E-state index is 13.3. The fourth-order valence-corrected chi connectivity index (χ4v) is 5.43. The largest absolute Gasteiger partial charge is 0.302 e. The van der Waals surface area contributed by atoms with Gasteiger partial charge in [-0.1, -0.05) is 6.07 Å². The van der Waals surface area contributed by atoms with Crippen LogP contribution in [0.15, 0.2) is 22.3 Å². The Morgan fingerprint density at radius 2 is 2.12 bits per heavy atom. The van der Waals surface area contributed by atoms with E-state index in [9.17, 15) is 9.59 Å². The first-order chi connectivity index (χ1) is 12.5. The molecule has 0 amide bonds. The third kappa shape index (κ3) is 3.15. The second-order valence-electron chi connectivity index (χ2n) is 6.95. The molecule has 0 spiro atoms. The van der Waals surface area contributed by atoms with E-state index >= 15 is 0 Å². The molecule has 7 heteroatoms. The molecule has 0 saturated heterocycles. The van der Waals surface area contributed by atoms with E-state index in [1.807, 2.05) is 36.5 Å². The molecule has 26 heavy (non-hydrogen) atoms. The number of thiophene rings is 2. The van der Waals surface area contributed by atoms with Crippen LogP contribution in [0.4, 0.5) is 0 Å². The van der Waals surface area contributed by atoms with Gasteiger partial charge in [-0.25, -0.2) is 4.98 Å². The summed E-state index contributed by atoms with van der Waals surface area (Å²) in [5, 5.41) is 2.62. The van der Waals surface area contributed by atoms with Gasteiger partial charge in [-0.15, -0.1) is 22.7 Å². The topological polar surface area (TPSA) is 55.2 Å². The molecule has 0 atom stereocenters. The van der Waals surface area contributed by atoms with Crippen molar-refractivity contribution in [1.82, 2.24) is 14.5 Å². The molecule has 0 bridgehead atoms. The first-order valence-electron chi connectivity index (χ1n) is 8.80. The van der Waals surface area contributed by atoms with E-state index in [0.29, 0.717) is 17.2 Å². The van der Waals surface area contributed by atoms with Crippen LogP contribution < -0.4 is 5.56 Å². The first kappa shape index (κ1) is 17.6. The summed E-state index contributed by atoms with van der Waals surface area (Å²) in [6.45, 7) is 0.585. The van der Waals surface area contributed by atoms with E-state index in [1.54, 1.807) is 15.9 Å². The minimum Gasteiger partial charge on any atom is -0.302 e. The zero-order chi connectivity index (χ0) is 18.3. The molecule has 1 aliphatic rings. The zero-order valence-corrected chi connectivity index (χ0v) is 16.6. The Labute approximate surface area is 159 Å². The number of carbonyl (C=O) groups excluding carboxylic acids is 1. The maximum Gasteiger partial charge on any atom is 0.263 e. The minimum absolute atomic E-state index is 0.0349. The van der Waals surface area contributed by atoms with Crippen LogP contribution in [-0.4, -0.2) is 34.3 Å². The number of fused-ring (bicyclic) bond motifs is 3.